The van der Waals surface area contributed by atoms with Crippen molar-refractivity contribution in [3.8, 4) is 0 Å². The average molecular weight is 485 g/mol. The van der Waals surface area contributed by atoms with E-state index in [-0.39, 0.29) is 65.8 Å². The Hall–Kier alpha value is -0.920. The summed E-state index contributed by atoms with van der Waals surface area (Å²) in [7, 11) is 0. The molecule has 34 heavy (non-hydrogen) atoms. The van der Waals surface area contributed by atoms with Gasteiger partial charge in [-0.05, 0) is 68.8 Å². The largest absolute Gasteiger partial charge is 1.00 e. The fraction of sp³-hybridized carbons (Fsp3) is 0.704. The van der Waals surface area contributed by atoms with Crippen LogP contribution in [0.3, 0.4) is 0 Å². The molecule has 0 radical (unpaired) electrons. The van der Waals surface area contributed by atoms with E-state index in [1.54, 1.807) is 6.08 Å². The van der Waals surface area contributed by atoms with E-state index in [1.807, 2.05) is 13.8 Å². The number of hydrogen-bond donors (Lipinski definition) is 2. The van der Waals surface area contributed by atoms with Gasteiger partial charge in [-0.2, -0.15) is 0 Å². The van der Waals surface area contributed by atoms with Crippen LogP contribution < -0.4 is 34.7 Å². The summed E-state index contributed by atoms with van der Waals surface area (Å²) in [5, 5.41) is 30.9. The topological polar surface area (TPSA) is 107 Å². The molecule has 0 spiro atoms. The maximum atomic E-state index is 13.3. The molecule has 0 unspecified atom stereocenters. The maximum Gasteiger partial charge on any atom is 1.00 e. The number of carboxylic acids is 1. The van der Waals surface area contributed by atoms with Crippen LogP contribution in [-0.4, -0.2) is 40.5 Å². The Kier molecular flexibility index (Phi) is 13.4. The Morgan fingerprint density at radius 2 is 1.97 bits per heavy atom. The van der Waals surface area contributed by atoms with Crippen LogP contribution in [0.15, 0.2) is 36.5 Å². The number of aliphatic hydroxyl groups is 2. The first-order valence-corrected chi connectivity index (χ1v) is 12.4. The number of aliphatic carboxylic acids is 1. The maximum absolute atomic E-state index is 13.3. The molecule has 0 saturated heterocycles. The number of aliphatic hydroxyl groups excluding tert-OH is 2. The van der Waals surface area contributed by atoms with Gasteiger partial charge >= 0.3 is 35.5 Å². The number of hydrogen-bond acceptors (Lipinski definition) is 6. The number of rotatable bonds is 13. The van der Waals surface area contributed by atoms with E-state index in [0.29, 0.717) is 32.1 Å². The Bertz CT molecular complexity index is 741. The second-order valence-corrected chi connectivity index (χ2v) is 9.81. The quantitative estimate of drug-likeness (QED) is 0.224. The molecule has 0 amide bonds. The predicted octanol–water partition coefficient (Wildman–Crippen LogP) is 0.475. The summed E-state index contributed by atoms with van der Waals surface area (Å²) in [6, 6.07) is 0. The number of carbonyl (C=O) groups excluding carboxylic acids is 2. The van der Waals surface area contributed by atoms with Gasteiger partial charge in [-0.1, -0.05) is 45.1 Å². The summed E-state index contributed by atoms with van der Waals surface area (Å²) < 4.78 is 6.22. The summed E-state index contributed by atoms with van der Waals surface area (Å²) >= 11 is 0. The van der Waals surface area contributed by atoms with Gasteiger partial charge in [0.2, 0.25) is 0 Å². The van der Waals surface area contributed by atoms with Crippen molar-refractivity contribution in [2.75, 3.05) is 0 Å². The number of allylic oxidation sites excluding steroid dienone is 4. The molecular weight excluding hydrogens is 443 g/mol. The van der Waals surface area contributed by atoms with Crippen molar-refractivity contribution in [2.24, 2.45) is 23.2 Å². The molecule has 0 aromatic heterocycles. The van der Waals surface area contributed by atoms with E-state index in [2.05, 4.69) is 31.7 Å². The van der Waals surface area contributed by atoms with E-state index in [4.69, 9.17) is 4.74 Å². The van der Waals surface area contributed by atoms with Crippen molar-refractivity contribution in [1.82, 2.24) is 0 Å². The summed E-state index contributed by atoms with van der Waals surface area (Å²) in [5.41, 5.74) is 0.649. The van der Waals surface area contributed by atoms with Crippen molar-refractivity contribution in [3.05, 3.63) is 36.5 Å². The van der Waals surface area contributed by atoms with Crippen molar-refractivity contribution in [3.63, 3.8) is 0 Å². The molecule has 2 aliphatic rings. The number of carboxylic acid groups (broad SMARTS) is 1. The first-order chi connectivity index (χ1) is 15.7. The molecule has 186 valence electrons. The molecule has 0 heterocycles. The third kappa shape index (κ3) is 8.06. The normalized spacial score (nSPS) is 25.9. The van der Waals surface area contributed by atoms with Crippen LogP contribution in [0.1, 0.15) is 78.6 Å². The van der Waals surface area contributed by atoms with Crippen molar-refractivity contribution in [2.45, 2.75) is 96.9 Å². The number of carbonyl (C=O) groups is 2. The monoisotopic (exact) mass is 484 g/mol. The van der Waals surface area contributed by atoms with E-state index in [0.717, 1.165) is 12.8 Å². The molecular formula is C27H41NaO6. The van der Waals surface area contributed by atoms with Crippen LogP contribution in [0.4, 0.5) is 0 Å². The van der Waals surface area contributed by atoms with Crippen LogP contribution in [0.2, 0.25) is 0 Å². The van der Waals surface area contributed by atoms with E-state index < -0.39 is 30.0 Å². The fourth-order valence-electron chi connectivity index (χ4n) is 5.50. The van der Waals surface area contributed by atoms with Gasteiger partial charge in [0, 0.05) is 18.3 Å². The summed E-state index contributed by atoms with van der Waals surface area (Å²) in [6.45, 7) is 10.0. The van der Waals surface area contributed by atoms with Gasteiger partial charge in [-0.15, -0.1) is 6.58 Å². The molecule has 6 atom stereocenters. The minimum Gasteiger partial charge on any atom is -0.550 e. The van der Waals surface area contributed by atoms with Crippen LogP contribution in [0.5, 0.6) is 0 Å². The van der Waals surface area contributed by atoms with Crippen molar-refractivity contribution >= 4 is 11.9 Å². The van der Waals surface area contributed by atoms with Gasteiger partial charge in [-0.3, -0.25) is 4.79 Å². The minimum atomic E-state index is -1.32. The van der Waals surface area contributed by atoms with Crippen molar-refractivity contribution < 1.29 is 59.2 Å². The number of ether oxygens (including phenoxy) is 1. The molecule has 2 aliphatic carbocycles. The summed E-state index contributed by atoms with van der Waals surface area (Å²) in [6.07, 6.45) is 10.5. The molecule has 0 fully saturated rings. The van der Waals surface area contributed by atoms with Gasteiger partial charge in [0.1, 0.15) is 6.10 Å². The smallest absolute Gasteiger partial charge is 0.550 e. The van der Waals surface area contributed by atoms with E-state index in [9.17, 15) is 24.9 Å². The molecule has 0 aromatic rings. The zero-order valence-corrected chi connectivity index (χ0v) is 23.4. The number of fused-ring (bicyclic) bond motifs is 1. The predicted molar refractivity (Wildman–Crippen MR) is 126 cm³/mol. The first kappa shape index (κ1) is 31.1. The summed E-state index contributed by atoms with van der Waals surface area (Å²) in [4.78, 5) is 24.0. The zero-order chi connectivity index (χ0) is 24.6. The number of esters is 1. The third-order valence-corrected chi connectivity index (χ3v) is 7.71. The molecule has 2 N–H and O–H groups in total. The van der Waals surface area contributed by atoms with Gasteiger partial charge < -0.3 is 24.9 Å². The summed E-state index contributed by atoms with van der Waals surface area (Å²) in [5.74, 6) is -0.969. The second kappa shape index (κ2) is 14.6. The standard InChI is InChI=1S/C27H42O6.Na/c1-5-15-27(6-2,7-3)26(32)33-23-10-8-9-19-12-11-18(4)22(25(19)23)14-13-20(28)16-21(29)17-24(30)31;/h5,9,11-12,18,20-23,25,28-29H,1,6-8,10,13-17H2,2-4H3,(H,30,31);/q;+1/p-1/t18-,20+,21+,22-,23-,25-;/m0./s1. The Morgan fingerprint density at radius 3 is 2.56 bits per heavy atom. The van der Waals surface area contributed by atoms with E-state index >= 15 is 0 Å². The van der Waals surface area contributed by atoms with E-state index in [1.165, 1.54) is 5.57 Å². The third-order valence-electron chi connectivity index (χ3n) is 7.71. The van der Waals surface area contributed by atoms with Crippen LogP contribution in [-0.2, 0) is 14.3 Å². The SMILES string of the molecule is C=CCC(CC)(CC)C(=O)O[C@H]1CCC=C2C=C[C@H](C)[C@H](CC[C@@H](O)C[C@@H](O)CC(=O)[O-])[C@H]21.[Na+]. The van der Waals surface area contributed by atoms with Gasteiger partial charge in [0.25, 0.3) is 0 Å². The van der Waals surface area contributed by atoms with Crippen molar-refractivity contribution in [1.29, 1.82) is 0 Å². The van der Waals surface area contributed by atoms with Crippen LogP contribution >= 0.6 is 0 Å². The Morgan fingerprint density at radius 1 is 1.29 bits per heavy atom. The first-order valence-electron chi connectivity index (χ1n) is 12.4. The Labute approximate surface area is 226 Å². The Balaban J connectivity index is 0.00000578. The molecule has 6 nitrogen and oxygen atoms in total. The average Bonchev–Trinajstić information content (AvgIpc) is 2.76. The second-order valence-electron chi connectivity index (χ2n) is 9.81. The van der Waals surface area contributed by atoms with Crippen LogP contribution in [0.25, 0.3) is 0 Å². The fourth-order valence-corrected chi connectivity index (χ4v) is 5.50. The molecule has 0 aromatic carbocycles. The molecule has 0 aliphatic heterocycles. The minimum absolute atomic E-state index is 0. The van der Waals surface area contributed by atoms with Gasteiger partial charge in [0.05, 0.1) is 17.6 Å². The molecule has 0 bridgehead atoms. The van der Waals surface area contributed by atoms with Gasteiger partial charge in [-0.25, -0.2) is 0 Å². The van der Waals surface area contributed by atoms with Gasteiger partial charge in [0.15, 0.2) is 0 Å². The zero-order valence-electron chi connectivity index (χ0n) is 21.4. The van der Waals surface area contributed by atoms with Crippen LogP contribution in [0, 0.1) is 23.2 Å². The molecule has 2 rings (SSSR count). The molecule has 7 heteroatoms. The molecule has 0 saturated carbocycles.